The minimum atomic E-state index is -4.51. The minimum absolute atomic E-state index is 0.171. The van der Waals surface area contributed by atoms with Gasteiger partial charge in [-0.3, -0.25) is 14.7 Å². The van der Waals surface area contributed by atoms with Crippen LogP contribution in [0, 0.1) is 13.8 Å². The van der Waals surface area contributed by atoms with Crippen molar-refractivity contribution in [2.75, 3.05) is 26.2 Å². The maximum Gasteiger partial charge on any atom is 0.433 e. The van der Waals surface area contributed by atoms with Crippen LogP contribution in [0.15, 0.2) is 36.7 Å². The Morgan fingerprint density at radius 3 is 2.47 bits per heavy atom. The summed E-state index contributed by atoms with van der Waals surface area (Å²) >= 11 is 0. The predicted molar refractivity (Wildman–Crippen MR) is 105 cm³/mol. The minimum Gasteiger partial charge on any atom is -0.336 e. The second kappa shape index (κ2) is 7.71. The molecule has 1 aliphatic rings. The van der Waals surface area contributed by atoms with Crippen molar-refractivity contribution in [2.24, 2.45) is 0 Å². The molecule has 3 aromatic heterocycles. The molecular weight excluding hydrogens is 395 g/mol. The molecule has 0 atom stereocenters. The van der Waals surface area contributed by atoms with Crippen molar-refractivity contribution in [3.05, 3.63) is 64.9 Å². The van der Waals surface area contributed by atoms with Crippen molar-refractivity contribution in [3.63, 3.8) is 0 Å². The Bertz CT molecular complexity index is 1070. The van der Waals surface area contributed by atoms with Crippen molar-refractivity contribution in [3.8, 4) is 0 Å². The summed E-state index contributed by atoms with van der Waals surface area (Å²) in [6.45, 7) is 7.13. The molecule has 1 saturated heterocycles. The molecule has 0 aromatic carbocycles. The third-order valence-electron chi connectivity index (χ3n) is 5.41. The topological polar surface area (TPSA) is 53.7 Å². The Morgan fingerprint density at radius 2 is 1.83 bits per heavy atom. The van der Waals surface area contributed by atoms with Crippen LogP contribution in [0.1, 0.15) is 33.0 Å². The zero-order valence-electron chi connectivity index (χ0n) is 16.8. The molecule has 0 aliphatic carbocycles. The summed E-state index contributed by atoms with van der Waals surface area (Å²) in [7, 11) is 0. The van der Waals surface area contributed by atoms with Gasteiger partial charge in [0.05, 0.1) is 17.0 Å². The Labute approximate surface area is 172 Å². The maximum atomic E-state index is 12.6. The van der Waals surface area contributed by atoms with Gasteiger partial charge in [0, 0.05) is 45.1 Å². The Kier molecular flexibility index (Phi) is 5.23. The summed E-state index contributed by atoms with van der Waals surface area (Å²) < 4.78 is 40.0. The number of halogens is 3. The van der Waals surface area contributed by atoms with E-state index in [1.54, 1.807) is 4.90 Å². The third kappa shape index (κ3) is 4.02. The SMILES string of the molecule is Cc1ccn2c(CN3CCN(C(=O)c4ccc(C(F)(F)F)nc4)CC3)c(C)nc2c1. The molecule has 1 amide bonds. The second-order valence-electron chi connectivity index (χ2n) is 7.57. The molecule has 0 radical (unpaired) electrons. The molecule has 3 aromatic rings. The molecule has 0 bridgehead atoms. The van der Waals surface area contributed by atoms with E-state index in [9.17, 15) is 18.0 Å². The lowest BCUT2D eigenvalue weighted by Crippen LogP contribution is -2.48. The zero-order chi connectivity index (χ0) is 21.5. The molecule has 4 heterocycles. The number of carbonyl (C=O) groups is 1. The predicted octanol–water partition coefficient (Wildman–Crippen LogP) is 3.32. The summed E-state index contributed by atoms with van der Waals surface area (Å²) in [5, 5.41) is 0. The van der Waals surface area contributed by atoms with Gasteiger partial charge in [0.25, 0.3) is 5.91 Å². The lowest BCUT2D eigenvalue weighted by molar-refractivity contribution is -0.141. The molecule has 158 valence electrons. The van der Waals surface area contributed by atoms with Gasteiger partial charge in [-0.05, 0) is 43.7 Å². The van der Waals surface area contributed by atoms with Crippen LogP contribution in [0.5, 0.6) is 0 Å². The average molecular weight is 417 g/mol. The van der Waals surface area contributed by atoms with Crippen LogP contribution in [0.2, 0.25) is 0 Å². The number of imidazole rings is 1. The zero-order valence-corrected chi connectivity index (χ0v) is 16.8. The molecule has 0 unspecified atom stereocenters. The number of pyridine rings is 2. The summed E-state index contributed by atoms with van der Waals surface area (Å²) in [4.78, 5) is 24.5. The van der Waals surface area contributed by atoms with Crippen LogP contribution in [-0.4, -0.2) is 56.3 Å². The van der Waals surface area contributed by atoms with E-state index in [1.165, 1.54) is 6.07 Å². The van der Waals surface area contributed by atoms with Gasteiger partial charge < -0.3 is 9.30 Å². The van der Waals surface area contributed by atoms with Crippen LogP contribution >= 0.6 is 0 Å². The van der Waals surface area contributed by atoms with Crippen LogP contribution in [0.4, 0.5) is 13.2 Å². The lowest BCUT2D eigenvalue weighted by atomic mass is 10.2. The molecule has 4 rings (SSSR count). The number of hydrogen-bond acceptors (Lipinski definition) is 4. The first-order valence-corrected chi connectivity index (χ1v) is 9.71. The number of nitrogens with zero attached hydrogens (tertiary/aromatic N) is 5. The van der Waals surface area contributed by atoms with Gasteiger partial charge in [-0.1, -0.05) is 0 Å². The van der Waals surface area contributed by atoms with Gasteiger partial charge in [-0.25, -0.2) is 4.98 Å². The van der Waals surface area contributed by atoms with E-state index in [-0.39, 0.29) is 11.5 Å². The highest BCUT2D eigenvalue weighted by molar-refractivity contribution is 5.94. The van der Waals surface area contributed by atoms with Crippen LogP contribution in [-0.2, 0) is 12.7 Å². The number of hydrogen-bond donors (Lipinski definition) is 0. The number of carbonyl (C=O) groups excluding carboxylic acids is 1. The van der Waals surface area contributed by atoms with Gasteiger partial charge >= 0.3 is 6.18 Å². The Hall–Kier alpha value is -2.94. The fourth-order valence-corrected chi connectivity index (χ4v) is 3.70. The number of piperazine rings is 1. The first kappa shape index (κ1) is 20.3. The molecule has 30 heavy (non-hydrogen) atoms. The number of amides is 1. The first-order chi connectivity index (χ1) is 14.2. The molecular formula is C21H22F3N5O. The third-order valence-corrected chi connectivity index (χ3v) is 5.41. The van der Waals surface area contributed by atoms with E-state index in [0.29, 0.717) is 26.2 Å². The van der Waals surface area contributed by atoms with E-state index in [1.807, 2.05) is 32.2 Å². The number of aryl methyl sites for hydroxylation is 2. The molecule has 0 saturated carbocycles. The van der Waals surface area contributed by atoms with Crippen molar-refractivity contribution in [2.45, 2.75) is 26.6 Å². The molecule has 1 fully saturated rings. The van der Waals surface area contributed by atoms with Crippen LogP contribution in [0.3, 0.4) is 0 Å². The second-order valence-corrected chi connectivity index (χ2v) is 7.57. The first-order valence-electron chi connectivity index (χ1n) is 9.71. The highest BCUT2D eigenvalue weighted by Gasteiger charge is 2.32. The van der Waals surface area contributed by atoms with Crippen molar-refractivity contribution < 1.29 is 18.0 Å². The largest absolute Gasteiger partial charge is 0.433 e. The molecule has 1 aliphatic heterocycles. The normalized spacial score (nSPS) is 15.7. The van der Waals surface area contributed by atoms with Crippen LogP contribution < -0.4 is 0 Å². The number of alkyl halides is 3. The number of aromatic nitrogens is 3. The van der Waals surface area contributed by atoms with Crippen LogP contribution in [0.25, 0.3) is 5.65 Å². The highest BCUT2D eigenvalue weighted by atomic mass is 19.4. The number of fused-ring (bicyclic) bond motifs is 1. The maximum absolute atomic E-state index is 12.6. The van der Waals surface area contributed by atoms with E-state index in [2.05, 4.69) is 19.3 Å². The fraction of sp³-hybridized carbons (Fsp3) is 0.381. The van der Waals surface area contributed by atoms with Crippen molar-refractivity contribution >= 4 is 11.6 Å². The summed E-state index contributed by atoms with van der Waals surface area (Å²) in [5.41, 5.74) is 3.36. The van der Waals surface area contributed by atoms with E-state index < -0.39 is 11.9 Å². The average Bonchev–Trinajstić information content (AvgIpc) is 3.01. The van der Waals surface area contributed by atoms with E-state index in [4.69, 9.17) is 0 Å². The standard InChI is InChI=1S/C21H22F3N5O/c1-14-5-6-29-17(15(2)26-19(29)11-14)13-27-7-9-28(10-8-27)20(30)16-3-4-18(25-12-16)21(22,23)24/h3-6,11-12H,7-10,13H2,1-2H3. The Balaban J connectivity index is 1.39. The lowest BCUT2D eigenvalue weighted by Gasteiger charge is -2.34. The summed E-state index contributed by atoms with van der Waals surface area (Å²) in [6.07, 6.45) is -1.49. The van der Waals surface area contributed by atoms with Gasteiger partial charge in [0.2, 0.25) is 0 Å². The van der Waals surface area contributed by atoms with Gasteiger partial charge in [0.1, 0.15) is 11.3 Å². The number of rotatable bonds is 3. The molecule has 0 spiro atoms. The Morgan fingerprint density at radius 1 is 1.10 bits per heavy atom. The van der Waals surface area contributed by atoms with E-state index in [0.717, 1.165) is 41.4 Å². The van der Waals surface area contributed by atoms with Crippen molar-refractivity contribution in [1.82, 2.24) is 24.2 Å². The molecule has 0 N–H and O–H groups in total. The van der Waals surface area contributed by atoms with Crippen molar-refractivity contribution in [1.29, 1.82) is 0 Å². The summed E-state index contributed by atoms with van der Waals surface area (Å²) in [6, 6.07) is 6.13. The summed E-state index contributed by atoms with van der Waals surface area (Å²) in [5.74, 6) is -0.294. The molecule has 9 heteroatoms. The monoisotopic (exact) mass is 417 g/mol. The van der Waals surface area contributed by atoms with Gasteiger partial charge in [-0.2, -0.15) is 13.2 Å². The quantitative estimate of drug-likeness (QED) is 0.656. The molecule has 6 nitrogen and oxygen atoms in total. The van der Waals surface area contributed by atoms with E-state index >= 15 is 0 Å². The van der Waals surface area contributed by atoms with Gasteiger partial charge in [0.15, 0.2) is 0 Å². The smallest absolute Gasteiger partial charge is 0.336 e. The van der Waals surface area contributed by atoms with Gasteiger partial charge in [-0.15, -0.1) is 0 Å². The highest BCUT2D eigenvalue weighted by Crippen LogP contribution is 2.27. The fourth-order valence-electron chi connectivity index (χ4n) is 3.70.